The molecule has 3 aromatic rings. The molecule has 1 aromatic heterocycles. The minimum Gasteiger partial charge on any atom is -0.452 e. The number of aromatic nitrogens is 1. The second kappa shape index (κ2) is 7.07. The van der Waals surface area contributed by atoms with Gasteiger partial charge in [0.25, 0.3) is 0 Å². The van der Waals surface area contributed by atoms with Crippen LogP contribution in [0.25, 0.3) is 6.08 Å². The van der Waals surface area contributed by atoms with Crippen LogP contribution in [0.5, 0.6) is 11.5 Å². The molecule has 5 rings (SSSR count). The van der Waals surface area contributed by atoms with Gasteiger partial charge in [0.15, 0.2) is 5.76 Å². The fourth-order valence-corrected chi connectivity index (χ4v) is 4.07. The summed E-state index contributed by atoms with van der Waals surface area (Å²) in [6.07, 6.45) is 4.85. The third-order valence-electron chi connectivity index (χ3n) is 5.10. The van der Waals surface area contributed by atoms with Gasteiger partial charge in [0, 0.05) is 28.9 Å². The number of ether oxygens (including phenoxy) is 2. The van der Waals surface area contributed by atoms with Crippen molar-refractivity contribution in [1.82, 2.24) is 4.98 Å². The number of rotatable bonds is 2. The number of esters is 1. The Morgan fingerprint density at radius 1 is 1.13 bits per heavy atom. The zero-order valence-corrected chi connectivity index (χ0v) is 16.2. The normalized spacial score (nSPS) is 18.6. The van der Waals surface area contributed by atoms with Gasteiger partial charge in [-0.1, -0.05) is 23.7 Å². The highest BCUT2D eigenvalue weighted by Crippen LogP contribution is 2.50. The third kappa shape index (κ3) is 3.06. The van der Waals surface area contributed by atoms with E-state index in [4.69, 9.17) is 21.1 Å². The van der Waals surface area contributed by atoms with Crippen LogP contribution in [-0.4, -0.2) is 16.7 Å². The molecule has 0 N–H and O–H groups in total. The topological polar surface area (TPSA) is 65.5 Å². The van der Waals surface area contributed by atoms with Crippen molar-refractivity contribution in [3.63, 3.8) is 0 Å². The van der Waals surface area contributed by atoms with Crippen LogP contribution >= 0.6 is 11.6 Å². The fraction of sp³-hybridized carbons (Fsp3) is 0.0870. The molecule has 5 nitrogen and oxygen atoms in total. The van der Waals surface area contributed by atoms with Gasteiger partial charge in [-0.2, -0.15) is 0 Å². The van der Waals surface area contributed by atoms with Crippen LogP contribution in [0.3, 0.4) is 0 Å². The van der Waals surface area contributed by atoms with Crippen LogP contribution < -0.4 is 9.47 Å². The molecule has 0 saturated carbocycles. The largest absolute Gasteiger partial charge is 0.452 e. The fourth-order valence-electron chi connectivity index (χ4n) is 3.77. The van der Waals surface area contributed by atoms with E-state index in [2.05, 4.69) is 4.98 Å². The average Bonchev–Trinajstić information content (AvgIpc) is 3.03. The SMILES string of the molecule is O=C1C[C@H](c2ccc(F)cc2Cl)c2c(ccc3c2O/C(=C\c2cccnc2)C3=O)O1. The minimum atomic E-state index is -0.533. The molecule has 1 atom stereocenters. The first-order chi connectivity index (χ1) is 14.5. The van der Waals surface area contributed by atoms with Crippen LogP contribution in [0.2, 0.25) is 5.02 Å². The Labute approximate surface area is 175 Å². The van der Waals surface area contributed by atoms with E-state index in [9.17, 15) is 14.0 Å². The predicted octanol–water partition coefficient (Wildman–Crippen LogP) is 4.93. The summed E-state index contributed by atoms with van der Waals surface area (Å²) in [5, 5.41) is 0.189. The minimum absolute atomic E-state index is 0.00594. The molecule has 0 saturated heterocycles. The Bertz CT molecular complexity index is 1240. The average molecular weight is 422 g/mol. The van der Waals surface area contributed by atoms with E-state index in [0.717, 1.165) is 0 Å². The van der Waals surface area contributed by atoms with Crippen LogP contribution in [0.4, 0.5) is 4.39 Å². The van der Waals surface area contributed by atoms with Crippen molar-refractivity contribution in [1.29, 1.82) is 0 Å². The van der Waals surface area contributed by atoms with E-state index in [0.29, 0.717) is 33.8 Å². The number of benzene rings is 2. The molecule has 30 heavy (non-hydrogen) atoms. The summed E-state index contributed by atoms with van der Waals surface area (Å²) in [5.74, 6) is -0.965. The molecule has 2 aliphatic heterocycles. The lowest BCUT2D eigenvalue weighted by Gasteiger charge is -2.26. The van der Waals surface area contributed by atoms with E-state index < -0.39 is 17.7 Å². The summed E-state index contributed by atoms with van der Waals surface area (Å²) in [6, 6.07) is 10.7. The van der Waals surface area contributed by atoms with Crippen molar-refractivity contribution < 1.29 is 23.5 Å². The standard InChI is InChI=1S/C23H13ClFNO4/c24-17-9-13(25)3-4-14(17)16-10-20(27)29-18-6-5-15-22(28)19(30-23(15)21(16)18)8-12-2-1-7-26-11-12/h1-9,11,16H,10H2/b19-8-/t16-/m1/s1. The molecule has 3 heterocycles. The van der Waals surface area contributed by atoms with Gasteiger partial charge < -0.3 is 9.47 Å². The van der Waals surface area contributed by atoms with E-state index in [1.807, 2.05) is 0 Å². The highest BCUT2D eigenvalue weighted by Gasteiger charge is 2.39. The Morgan fingerprint density at radius 2 is 2.00 bits per heavy atom. The molecule has 0 fully saturated rings. The molecule has 0 unspecified atom stereocenters. The quantitative estimate of drug-likeness (QED) is 0.333. The monoisotopic (exact) mass is 421 g/mol. The van der Waals surface area contributed by atoms with Gasteiger partial charge in [0.2, 0.25) is 5.78 Å². The van der Waals surface area contributed by atoms with Crippen LogP contribution in [0.1, 0.15) is 39.4 Å². The Balaban J connectivity index is 1.64. The van der Waals surface area contributed by atoms with E-state index >= 15 is 0 Å². The molecule has 0 amide bonds. The predicted molar refractivity (Wildman–Crippen MR) is 107 cm³/mol. The first-order valence-corrected chi connectivity index (χ1v) is 9.56. The summed E-state index contributed by atoms with van der Waals surface area (Å²) >= 11 is 6.27. The number of hydrogen-bond acceptors (Lipinski definition) is 5. The summed E-state index contributed by atoms with van der Waals surface area (Å²) in [7, 11) is 0. The molecular formula is C23H13ClFNO4. The third-order valence-corrected chi connectivity index (χ3v) is 5.43. The summed E-state index contributed by atoms with van der Waals surface area (Å²) in [5.41, 5.74) is 2.19. The number of Topliss-reactive ketones (excluding diaryl/α,β-unsaturated/α-hetero) is 1. The maximum atomic E-state index is 13.6. The molecule has 0 spiro atoms. The maximum absolute atomic E-state index is 13.6. The lowest BCUT2D eigenvalue weighted by atomic mass is 9.84. The Hall–Kier alpha value is -3.51. The highest BCUT2D eigenvalue weighted by atomic mass is 35.5. The van der Waals surface area contributed by atoms with Gasteiger partial charge in [0.05, 0.1) is 12.0 Å². The summed E-state index contributed by atoms with van der Waals surface area (Å²) in [4.78, 5) is 29.1. The molecule has 148 valence electrons. The lowest BCUT2D eigenvalue weighted by molar-refractivity contribution is -0.135. The summed E-state index contributed by atoms with van der Waals surface area (Å²) < 4.78 is 24.9. The smallest absolute Gasteiger partial charge is 0.312 e. The lowest BCUT2D eigenvalue weighted by Crippen LogP contribution is -2.21. The van der Waals surface area contributed by atoms with Crippen LogP contribution in [0.15, 0.2) is 60.6 Å². The second-order valence-electron chi connectivity index (χ2n) is 6.98. The van der Waals surface area contributed by atoms with Crippen molar-refractivity contribution in [3.05, 3.63) is 93.7 Å². The van der Waals surface area contributed by atoms with Gasteiger partial charge in [0.1, 0.15) is 17.3 Å². The first-order valence-electron chi connectivity index (χ1n) is 9.18. The number of ketones is 1. The van der Waals surface area contributed by atoms with Gasteiger partial charge in [-0.05, 0) is 47.5 Å². The Kier molecular flexibility index (Phi) is 4.37. The Morgan fingerprint density at radius 3 is 2.77 bits per heavy atom. The molecule has 0 aliphatic carbocycles. The molecule has 0 bridgehead atoms. The van der Waals surface area contributed by atoms with E-state index in [-0.39, 0.29) is 23.0 Å². The zero-order chi connectivity index (χ0) is 20.8. The molecule has 2 aliphatic rings. The molecular weight excluding hydrogens is 409 g/mol. The number of halogens is 2. The number of carbonyl (C=O) groups excluding carboxylic acids is 2. The van der Waals surface area contributed by atoms with Gasteiger partial charge >= 0.3 is 5.97 Å². The number of hydrogen-bond donors (Lipinski definition) is 0. The summed E-state index contributed by atoms with van der Waals surface area (Å²) in [6.45, 7) is 0. The highest BCUT2D eigenvalue weighted by molar-refractivity contribution is 6.31. The van der Waals surface area contributed by atoms with Crippen LogP contribution in [0, 0.1) is 5.82 Å². The number of pyridine rings is 1. The van der Waals surface area contributed by atoms with Gasteiger partial charge in [-0.25, -0.2) is 4.39 Å². The maximum Gasteiger partial charge on any atom is 0.312 e. The van der Waals surface area contributed by atoms with Gasteiger partial charge in [-0.15, -0.1) is 0 Å². The van der Waals surface area contributed by atoms with Crippen molar-refractivity contribution in [2.24, 2.45) is 0 Å². The van der Waals surface area contributed by atoms with E-state index in [1.165, 1.54) is 18.2 Å². The molecule has 7 heteroatoms. The number of nitrogens with zero attached hydrogens (tertiary/aromatic N) is 1. The van der Waals surface area contributed by atoms with Gasteiger partial charge in [-0.3, -0.25) is 14.6 Å². The second-order valence-corrected chi connectivity index (χ2v) is 7.38. The number of fused-ring (bicyclic) bond motifs is 3. The zero-order valence-electron chi connectivity index (χ0n) is 15.4. The molecule has 0 radical (unpaired) electrons. The van der Waals surface area contributed by atoms with Crippen molar-refractivity contribution in [2.75, 3.05) is 0 Å². The number of allylic oxidation sites excluding steroid dienone is 1. The van der Waals surface area contributed by atoms with E-state index in [1.54, 1.807) is 42.7 Å². The van der Waals surface area contributed by atoms with Crippen LogP contribution in [-0.2, 0) is 4.79 Å². The molecule has 2 aromatic carbocycles. The van der Waals surface area contributed by atoms with Crippen molar-refractivity contribution in [2.45, 2.75) is 12.3 Å². The van der Waals surface area contributed by atoms with Crippen molar-refractivity contribution >= 4 is 29.4 Å². The first kappa shape index (κ1) is 18.5. The number of carbonyl (C=O) groups is 2. The van der Waals surface area contributed by atoms with Crippen molar-refractivity contribution in [3.8, 4) is 11.5 Å².